The Morgan fingerprint density at radius 1 is 1.04 bits per heavy atom. The molecule has 0 saturated carbocycles. The standard InChI is InChI=1S/C17H20F2N2O.ClH/c18-17(19)11-16(21-7-5-20-6-8-21)14-2-1-13-10-15(22)4-3-12(13)9-14;/h1-4,9-10,16-17,20,22H,5-8,11H2;1H/t16-;/m1./s1. The number of alkyl halides is 2. The average Bonchev–Trinajstić information content (AvgIpc) is 2.53. The lowest BCUT2D eigenvalue weighted by Crippen LogP contribution is -2.45. The number of benzene rings is 2. The van der Waals surface area contributed by atoms with Gasteiger partial charge in [-0.05, 0) is 34.5 Å². The van der Waals surface area contributed by atoms with Crippen LogP contribution in [-0.4, -0.2) is 42.6 Å². The van der Waals surface area contributed by atoms with E-state index < -0.39 is 6.43 Å². The molecule has 0 spiro atoms. The predicted octanol–water partition coefficient (Wildman–Crippen LogP) is 3.57. The van der Waals surface area contributed by atoms with Crippen LogP contribution in [0.3, 0.4) is 0 Å². The minimum Gasteiger partial charge on any atom is -0.508 e. The number of nitrogens with zero attached hydrogens (tertiary/aromatic N) is 1. The van der Waals surface area contributed by atoms with E-state index in [1.165, 1.54) is 0 Å². The van der Waals surface area contributed by atoms with Crippen molar-refractivity contribution in [2.75, 3.05) is 26.2 Å². The molecule has 1 aliphatic rings. The molecule has 1 fully saturated rings. The molecule has 2 N–H and O–H groups in total. The van der Waals surface area contributed by atoms with E-state index in [9.17, 15) is 13.9 Å². The van der Waals surface area contributed by atoms with Gasteiger partial charge in [0.05, 0.1) is 0 Å². The van der Waals surface area contributed by atoms with E-state index in [1.807, 2.05) is 24.3 Å². The van der Waals surface area contributed by atoms with E-state index in [-0.39, 0.29) is 30.6 Å². The van der Waals surface area contributed by atoms with Crippen LogP contribution in [0.5, 0.6) is 5.75 Å². The third-order valence-electron chi connectivity index (χ3n) is 4.23. The maximum absolute atomic E-state index is 13.0. The van der Waals surface area contributed by atoms with Crippen LogP contribution >= 0.6 is 12.4 Å². The summed E-state index contributed by atoms with van der Waals surface area (Å²) in [6.45, 7) is 3.23. The summed E-state index contributed by atoms with van der Waals surface area (Å²) in [4.78, 5) is 2.13. The Balaban J connectivity index is 0.00000192. The number of hydrogen-bond acceptors (Lipinski definition) is 3. The second-order valence-corrected chi connectivity index (χ2v) is 5.72. The maximum atomic E-state index is 13.0. The summed E-state index contributed by atoms with van der Waals surface area (Å²) in [7, 11) is 0. The van der Waals surface area contributed by atoms with Gasteiger partial charge in [-0.3, -0.25) is 4.90 Å². The first kappa shape index (κ1) is 17.9. The third kappa shape index (κ3) is 4.31. The molecule has 2 aromatic carbocycles. The van der Waals surface area contributed by atoms with Crippen molar-refractivity contribution in [1.29, 1.82) is 0 Å². The highest BCUT2D eigenvalue weighted by atomic mass is 35.5. The Bertz CT molecular complexity index is 648. The molecule has 2 aromatic rings. The van der Waals surface area contributed by atoms with Gasteiger partial charge in [-0.1, -0.05) is 18.2 Å². The van der Waals surface area contributed by atoms with Crippen LogP contribution in [0.2, 0.25) is 0 Å². The van der Waals surface area contributed by atoms with Crippen molar-refractivity contribution in [2.24, 2.45) is 0 Å². The molecule has 1 aliphatic heterocycles. The highest BCUT2D eigenvalue weighted by molar-refractivity contribution is 5.85. The molecule has 0 unspecified atom stereocenters. The normalized spacial score (nSPS) is 17.2. The molecule has 0 amide bonds. The summed E-state index contributed by atoms with van der Waals surface area (Å²) < 4.78 is 26.0. The van der Waals surface area contributed by atoms with Crippen molar-refractivity contribution in [2.45, 2.75) is 18.9 Å². The van der Waals surface area contributed by atoms with Crippen LogP contribution in [0.15, 0.2) is 36.4 Å². The molecule has 1 heterocycles. The average molecular weight is 343 g/mol. The van der Waals surface area contributed by atoms with Crippen molar-refractivity contribution in [3.05, 3.63) is 42.0 Å². The summed E-state index contributed by atoms with van der Waals surface area (Å²) in [5.41, 5.74) is 0.917. The van der Waals surface area contributed by atoms with Crippen LogP contribution in [0.4, 0.5) is 8.78 Å². The zero-order chi connectivity index (χ0) is 15.5. The van der Waals surface area contributed by atoms with Crippen LogP contribution in [-0.2, 0) is 0 Å². The minimum absolute atomic E-state index is 0. The number of phenols is 1. The van der Waals surface area contributed by atoms with E-state index in [2.05, 4.69) is 10.2 Å². The molecular formula is C17H21ClF2N2O. The number of hydrogen-bond donors (Lipinski definition) is 2. The summed E-state index contributed by atoms with van der Waals surface area (Å²) in [5, 5.41) is 14.6. The first-order valence-corrected chi connectivity index (χ1v) is 7.59. The molecule has 6 heteroatoms. The van der Waals surface area contributed by atoms with E-state index in [0.717, 1.165) is 42.5 Å². The van der Waals surface area contributed by atoms with Gasteiger partial charge in [0.2, 0.25) is 6.43 Å². The molecule has 23 heavy (non-hydrogen) atoms. The quantitative estimate of drug-likeness (QED) is 0.891. The number of aromatic hydroxyl groups is 1. The Labute approximate surface area is 140 Å². The molecule has 0 bridgehead atoms. The van der Waals surface area contributed by atoms with Gasteiger partial charge >= 0.3 is 0 Å². The van der Waals surface area contributed by atoms with E-state index in [4.69, 9.17) is 0 Å². The van der Waals surface area contributed by atoms with Crippen LogP contribution in [0, 0.1) is 0 Å². The Hall–Kier alpha value is -1.43. The van der Waals surface area contributed by atoms with Crippen molar-refractivity contribution < 1.29 is 13.9 Å². The zero-order valence-corrected chi connectivity index (χ0v) is 13.5. The molecule has 126 valence electrons. The van der Waals surface area contributed by atoms with Crippen molar-refractivity contribution in [3.63, 3.8) is 0 Å². The molecule has 3 nitrogen and oxygen atoms in total. The number of phenolic OH excluding ortho intramolecular Hbond substituents is 1. The molecular weight excluding hydrogens is 322 g/mol. The van der Waals surface area contributed by atoms with Crippen LogP contribution in [0.1, 0.15) is 18.0 Å². The van der Waals surface area contributed by atoms with Gasteiger partial charge in [-0.25, -0.2) is 8.78 Å². The lowest BCUT2D eigenvalue weighted by Gasteiger charge is -2.35. The van der Waals surface area contributed by atoms with Crippen molar-refractivity contribution >= 4 is 23.2 Å². The van der Waals surface area contributed by atoms with Crippen molar-refractivity contribution in [3.8, 4) is 5.75 Å². The van der Waals surface area contributed by atoms with Crippen LogP contribution < -0.4 is 5.32 Å². The topological polar surface area (TPSA) is 35.5 Å². The Morgan fingerprint density at radius 2 is 1.70 bits per heavy atom. The maximum Gasteiger partial charge on any atom is 0.240 e. The summed E-state index contributed by atoms with van der Waals surface area (Å²) in [6.07, 6.45) is -2.47. The summed E-state index contributed by atoms with van der Waals surface area (Å²) >= 11 is 0. The minimum atomic E-state index is -2.32. The van der Waals surface area contributed by atoms with Gasteiger partial charge in [0.25, 0.3) is 0 Å². The summed E-state index contributed by atoms with van der Waals surface area (Å²) in [6, 6.07) is 10.6. The molecule has 3 rings (SSSR count). The highest BCUT2D eigenvalue weighted by Gasteiger charge is 2.25. The monoisotopic (exact) mass is 342 g/mol. The Kier molecular flexibility index (Phi) is 6.16. The highest BCUT2D eigenvalue weighted by Crippen LogP contribution is 2.30. The van der Waals surface area contributed by atoms with Crippen LogP contribution in [0.25, 0.3) is 10.8 Å². The Morgan fingerprint density at radius 3 is 2.39 bits per heavy atom. The van der Waals surface area contributed by atoms with Gasteiger partial charge in [0.15, 0.2) is 0 Å². The fourth-order valence-electron chi connectivity index (χ4n) is 3.12. The third-order valence-corrected chi connectivity index (χ3v) is 4.23. The molecule has 1 atom stereocenters. The second kappa shape index (κ2) is 7.90. The second-order valence-electron chi connectivity index (χ2n) is 5.72. The zero-order valence-electron chi connectivity index (χ0n) is 12.7. The molecule has 0 aromatic heterocycles. The lowest BCUT2D eigenvalue weighted by atomic mass is 9.98. The molecule has 0 radical (unpaired) electrons. The van der Waals surface area contributed by atoms with E-state index >= 15 is 0 Å². The predicted molar refractivity (Wildman–Crippen MR) is 90.7 cm³/mol. The number of fused-ring (bicyclic) bond motifs is 1. The van der Waals surface area contributed by atoms with E-state index in [0.29, 0.717) is 0 Å². The fourth-order valence-corrected chi connectivity index (χ4v) is 3.12. The first-order valence-electron chi connectivity index (χ1n) is 7.59. The van der Waals surface area contributed by atoms with Gasteiger partial charge in [0, 0.05) is 38.6 Å². The van der Waals surface area contributed by atoms with Crippen molar-refractivity contribution in [1.82, 2.24) is 10.2 Å². The first-order chi connectivity index (χ1) is 10.6. The number of nitrogens with one attached hydrogen (secondary N) is 1. The number of halogens is 3. The van der Waals surface area contributed by atoms with E-state index in [1.54, 1.807) is 12.1 Å². The molecule has 0 aliphatic carbocycles. The fraction of sp³-hybridized carbons (Fsp3) is 0.412. The number of rotatable bonds is 4. The summed E-state index contributed by atoms with van der Waals surface area (Å²) in [5.74, 6) is 0.214. The number of piperazine rings is 1. The van der Waals surface area contributed by atoms with Gasteiger partial charge in [0.1, 0.15) is 5.75 Å². The largest absolute Gasteiger partial charge is 0.508 e. The van der Waals surface area contributed by atoms with Gasteiger partial charge in [-0.15, -0.1) is 12.4 Å². The SMILES string of the molecule is Cl.Oc1ccc2cc([C@@H](CC(F)F)N3CCNCC3)ccc2c1. The van der Waals surface area contributed by atoms with Gasteiger partial charge in [-0.2, -0.15) is 0 Å². The van der Waals surface area contributed by atoms with Gasteiger partial charge < -0.3 is 10.4 Å². The molecule has 1 saturated heterocycles. The lowest BCUT2D eigenvalue weighted by molar-refractivity contribution is 0.0740. The smallest absolute Gasteiger partial charge is 0.240 e.